The average molecular weight is 254 g/mol. The molecule has 1 aromatic rings. The molecule has 17 heavy (non-hydrogen) atoms. The molecule has 1 aliphatic carbocycles. The second-order valence-corrected chi connectivity index (χ2v) is 6.69. The first-order valence-electron chi connectivity index (χ1n) is 6.02. The molecule has 1 aliphatic rings. The van der Waals surface area contributed by atoms with Crippen LogP contribution in [0.5, 0.6) is 5.75 Å². The van der Waals surface area contributed by atoms with Gasteiger partial charge >= 0.3 is 0 Å². The van der Waals surface area contributed by atoms with Crippen LogP contribution in [0.4, 0.5) is 0 Å². The van der Waals surface area contributed by atoms with Crippen LogP contribution in [0.25, 0.3) is 0 Å². The number of halogens is 1. The molecule has 3 N–H and O–H groups in total. The van der Waals surface area contributed by atoms with E-state index < -0.39 is 0 Å². The quantitative estimate of drug-likeness (QED) is 0.849. The molecule has 1 fully saturated rings. The van der Waals surface area contributed by atoms with Gasteiger partial charge in [-0.1, -0.05) is 32.4 Å². The number of hydrogen-bond acceptors (Lipinski definition) is 2. The molecular weight excluding hydrogens is 234 g/mol. The van der Waals surface area contributed by atoms with Gasteiger partial charge in [-0.15, -0.1) is 0 Å². The van der Waals surface area contributed by atoms with Crippen LogP contribution >= 0.6 is 11.6 Å². The molecule has 0 heterocycles. The van der Waals surface area contributed by atoms with Gasteiger partial charge in [0.15, 0.2) is 0 Å². The van der Waals surface area contributed by atoms with Crippen LogP contribution in [0.15, 0.2) is 12.1 Å². The van der Waals surface area contributed by atoms with Crippen molar-refractivity contribution in [3.8, 4) is 5.75 Å². The molecule has 0 spiro atoms. The Labute approximate surface area is 108 Å². The lowest BCUT2D eigenvalue weighted by Gasteiger charge is -2.23. The van der Waals surface area contributed by atoms with E-state index in [1.54, 1.807) is 0 Å². The molecule has 2 rings (SSSR count). The van der Waals surface area contributed by atoms with Gasteiger partial charge in [0.2, 0.25) is 0 Å². The number of phenolic OH excluding ortho intramolecular Hbond substituents is 1. The van der Waals surface area contributed by atoms with E-state index in [9.17, 15) is 5.11 Å². The molecule has 0 radical (unpaired) electrons. The molecule has 2 nitrogen and oxygen atoms in total. The van der Waals surface area contributed by atoms with Gasteiger partial charge in [0.1, 0.15) is 5.75 Å². The van der Waals surface area contributed by atoms with E-state index in [0.29, 0.717) is 17.2 Å². The van der Waals surface area contributed by atoms with Crippen LogP contribution in [0, 0.1) is 0 Å². The minimum Gasteiger partial charge on any atom is -0.507 e. The van der Waals surface area contributed by atoms with Crippen molar-refractivity contribution >= 4 is 11.6 Å². The topological polar surface area (TPSA) is 46.2 Å². The minimum atomic E-state index is -0.116. The van der Waals surface area contributed by atoms with E-state index in [1.165, 1.54) is 0 Å². The fraction of sp³-hybridized carbons (Fsp3) is 0.571. The van der Waals surface area contributed by atoms with Crippen LogP contribution < -0.4 is 5.73 Å². The number of hydrogen-bond donors (Lipinski definition) is 2. The molecule has 0 saturated heterocycles. The molecule has 3 heteroatoms. The molecule has 0 unspecified atom stereocenters. The summed E-state index contributed by atoms with van der Waals surface area (Å²) in [5.41, 5.74) is 7.64. The lowest BCUT2D eigenvalue weighted by Crippen LogP contribution is -2.25. The maximum absolute atomic E-state index is 10.3. The van der Waals surface area contributed by atoms with Crippen molar-refractivity contribution in [3.05, 3.63) is 28.3 Å². The monoisotopic (exact) mass is 253 g/mol. The predicted octanol–water partition coefficient (Wildman–Crippen LogP) is 3.38. The standard InChI is InChI=1S/C14H20ClNO/c1-13(2,3)11-7-10(15)6-9(12(11)17)8-14(16)4-5-14/h6-7,17H,4-5,8,16H2,1-3H3. The Balaban J connectivity index is 2.42. The fourth-order valence-corrected chi connectivity index (χ4v) is 2.32. The van der Waals surface area contributed by atoms with Crippen molar-refractivity contribution in [2.75, 3.05) is 0 Å². The summed E-state index contributed by atoms with van der Waals surface area (Å²) >= 11 is 6.13. The second kappa shape index (κ2) is 3.89. The molecule has 1 aromatic carbocycles. The van der Waals surface area contributed by atoms with Gasteiger partial charge < -0.3 is 10.8 Å². The first-order chi connectivity index (χ1) is 7.71. The number of aromatic hydroxyl groups is 1. The van der Waals surface area contributed by atoms with Crippen LogP contribution in [-0.4, -0.2) is 10.6 Å². The zero-order valence-electron chi connectivity index (χ0n) is 10.7. The number of benzene rings is 1. The van der Waals surface area contributed by atoms with Gasteiger partial charge in [0.25, 0.3) is 0 Å². The van der Waals surface area contributed by atoms with E-state index in [0.717, 1.165) is 24.0 Å². The van der Waals surface area contributed by atoms with Gasteiger partial charge in [-0.05, 0) is 42.4 Å². The molecule has 0 bridgehead atoms. The van der Waals surface area contributed by atoms with Crippen molar-refractivity contribution in [1.82, 2.24) is 0 Å². The van der Waals surface area contributed by atoms with Crippen molar-refractivity contribution in [3.63, 3.8) is 0 Å². The summed E-state index contributed by atoms with van der Waals surface area (Å²) in [7, 11) is 0. The lowest BCUT2D eigenvalue weighted by atomic mass is 9.84. The number of rotatable bonds is 2. The van der Waals surface area contributed by atoms with Crippen molar-refractivity contribution in [1.29, 1.82) is 0 Å². The maximum Gasteiger partial charge on any atom is 0.122 e. The first kappa shape index (κ1) is 12.7. The Morgan fingerprint density at radius 3 is 2.41 bits per heavy atom. The Morgan fingerprint density at radius 2 is 1.94 bits per heavy atom. The summed E-state index contributed by atoms with van der Waals surface area (Å²) in [4.78, 5) is 0. The van der Waals surface area contributed by atoms with Crippen LogP contribution in [0.1, 0.15) is 44.7 Å². The average Bonchev–Trinajstić information content (AvgIpc) is 2.87. The summed E-state index contributed by atoms with van der Waals surface area (Å²) < 4.78 is 0. The summed E-state index contributed by atoms with van der Waals surface area (Å²) in [5.74, 6) is 0.360. The molecule has 1 saturated carbocycles. The van der Waals surface area contributed by atoms with E-state index in [-0.39, 0.29) is 11.0 Å². The van der Waals surface area contributed by atoms with Crippen LogP contribution in [0.2, 0.25) is 5.02 Å². The molecule has 0 aromatic heterocycles. The maximum atomic E-state index is 10.3. The highest BCUT2D eigenvalue weighted by Crippen LogP contribution is 2.41. The summed E-state index contributed by atoms with van der Waals surface area (Å²) in [6.45, 7) is 6.20. The van der Waals surface area contributed by atoms with Crippen molar-refractivity contribution < 1.29 is 5.11 Å². The molecule has 94 valence electrons. The molecule has 0 amide bonds. The molecule has 0 aliphatic heterocycles. The van der Waals surface area contributed by atoms with Crippen molar-refractivity contribution in [2.24, 2.45) is 5.73 Å². The highest BCUT2D eigenvalue weighted by molar-refractivity contribution is 6.30. The Hall–Kier alpha value is -0.730. The van der Waals surface area contributed by atoms with Crippen LogP contribution in [0.3, 0.4) is 0 Å². The SMILES string of the molecule is CC(C)(C)c1cc(Cl)cc(CC2(N)CC2)c1O. The number of nitrogens with two attached hydrogens (primary N) is 1. The first-order valence-corrected chi connectivity index (χ1v) is 6.40. The summed E-state index contributed by atoms with van der Waals surface area (Å²) in [6.07, 6.45) is 2.77. The Morgan fingerprint density at radius 1 is 1.35 bits per heavy atom. The zero-order valence-corrected chi connectivity index (χ0v) is 11.4. The van der Waals surface area contributed by atoms with Crippen LogP contribution in [-0.2, 0) is 11.8 Å². The smallest absolute Gasteiger partial charge is 0.122 e. The second-order valence-electron chi connectivity index (χ2n) is 6.25. The normalized spacial score (nSPS) is 18.2. The van der Waals surface area contributed by atoms with E-state index in [2.05, 4.69) is 20.8 Å². The third kappa shape index (κ3) is 2.75. The van der Waals surface area contributed by atoms with Gasteiger partial charge in [0.05, 0.1) is 0 Å². The lowest BCUT2D eigenvalue weighted by molar-refractivity contribution is 0.437. The highest BCUT2D eigenvalue weighted by atomic mass is 35.5. The summed E-state index contributed by atoms with van der Waals surface area (Å²) in [6, 6.07) is 3.68. The van der Waals surface area contributed by atoms with Gasteiger partial charge in [-0.2, -0.15) is 0 Å². The van der Waals surface area contributed by atoms with E-state index >= 15 is 0 Å². The predicted molar refractivity (Wildman–Crippen MR) is 71.7 cm³/mol. The Kier molecular flexibility index (Phi) is 2.91. The highest BCUT2D eigenvalue weighted by Gasteiger charge is 2.39. The van der Waals surface area contributed by atoms with Gasteiger partial charge in [0, 0.05) is 16.1 Å². The Bertz CT molecular complexity index is 444. The molecular formula is C14H20ClNO. The molecule has 0 atom stereocenters. The summed E-state index contributed by atoms with van der Waals surface area (Å²) in [5, 5.41) is 11.0. The van der Waals surface area contributed by atoms with Gasteiger partial charge in [-0.3, -0.25) is 0 Å². The zero-order chi connectivity index (χ0) is 12.8. The largest absolute Gasteiger partial charge is 0.507 e. The fourth-order valence-electron chi connectivity index (χ4n) is 2.08. The van der Waals surface area contributed by atoms with Gasteiger partial charge in [-0.25, -0.2) is 0 Å². The van der Waals surface area contributed by atoms with Crippen molar-refractivity contribution in [2.45, 2.75) is 51.0 Å². The third-order valence-corrected chi connectivity index (χ3v) is 3.61. The van der Waals surface area contributed by atoms with E-state index in [1.807, 2.05) is 12.1 Å². The number of phenols is 1. The third-order valence-electron chi connectivity index (χ3n) is 3.40. The van der Waals surface area contributed by atoms with E-state index in [4.69, 9.17) is 17.3 Å². The minimum absolute atomic E-state index is 0.114.